The molecule has 0 aliphatic heterocycles. The van der Waals surface area contributed by atoms with Gasteiger partial charge in [0.25, 0.3) is 0 Å². The van der Waals surface area contributed by atoms with Crippen molar-refractivity contribution in [2.45, 2.75) is 64.0 Å². The van der Waals surface area contributed by atoms with Crippen molar-refractivity contribution < 1.29 is 9.90 Å². The van der Waals surface area contributed by atoms with Crippen LogP contribution in [0, 0.1) is 5.92 Å². The van der Waals surface area contributed by atoms with Crippen molar-refractivity contribution in [3.63, 3.8) is 0 Å². The molecule has 19 heavy (non-hydrogen) atoms. The number of hydrogen-bond acceptors (Lipinski definition) is 3. The van der Waals surface area contributed by atoms with Crippen molar-refractivity contribution in [3.05, 3.63) is 0 Å². The summed E-state index contributed by atoms with van der Waals surface area (Å²) in [6.07, 6.45) is 6.85. The maximum absolute atomic E-state index is 12.4. The molecule has 3 atom stereocenters. The number of hydrogen-bond donors (Lipinski definition) is 2. The smallest absolute Gasteiger partial charge is 0.226 e. The lowest BCUT2D eigenvalue weighted by atomic mass is 9.86. The summed E-state index contributed by atoms with van der Waals surface area (Å²) >= 11 is 0. The quantitative estimate of drug-likeness (QED) is 0.832. The van der Waals surface area contributed by atoms with E-state index in [4.69, 9.17) is 5.73 Å². The summed E-state index contributed by atoms with van der Waals surface area (Å²) in [6.45, 7) is 2.36. The Morgan fingerprint density at radius 3 is 2.47 bits per heavy atom. The molecule has 1 saturated carbocycles. The molecule has 0 bridgehead atoms. The Labute approximate surface area is 123 Å². The minimum absolute atomic E-state index is 0. The Kier molecular flexibility index (Phi) is 9.40. The molecule has 1 aliphatic rings. The monoisotopic (exact) mass is 292 g/mol. The third-order valence-corrected chi connectivity index (χ3v) is 3.90. The third-order valence-electron chi connectivity index (χ3n) is 3.90. The topological polar surface area (TPSA) is 66.6 Å². The minimum atomic E-state index is -0.355. The van der Waals surface area contributed by atoms with Gasteiger partial charge in [0.2, 0.25) is 5.91 Å². The van der Waals surface area contributed by atoms with Gasteiger partial charge in [0.05, 0.1) is 12.0 Å². The molecule has 1 aliphatic carbocycles. The molecule has 0 saturated heterocycles. The van der Waals surface area contributed by atoms with Crippen LogP contribution in [-0.4, -0.2) is 41.7 Å². The van der Waals surface area contributed by atoms with E-state index in [0.29, 0.717) is 13.0 Å². The van der Waals surface area contributed by atoms with E-state index >= 15 is 0 Å². The van der Waals surface area contributed by atoms with Gasteiger partial charge in [-0.05, 0) is 26.2 Å². The number of rotatable bonds is 4. The van der Waals surface area contributed by atoms with Crippen LogP contribution in [0.1, 0.15) is 51.9 Å². The Morgan fingerprint density at radius 2 is 1.89 bits per heavy atom. The van der Waals surface area contributed by atoms with Crippen LogP contribution < -0.4 is 5.73 Å². The molecule has 1 rings (SSSR count). The highest BCUT2D eigenvalue weighted by Crippen LogP contribution is 2.23. The van der Waals surface area contributed by atoms with E-state index in [9.17, 15) is 9.90 Å². The van der Waals surface area contributed by atoms with Gasteiger partial charge >= 0.3 is 0 Å². The maximum Gasteiger partial charge on any atom is 0.226 e. The van der Waals surface area contributed by atoms with Crippen LogP contribution in [0.2, 0.25) is 0 Å². The predicted molar refractivity (Wildman–Crippen MR) is 80.4 cm³/mol. The molecule has 1 amide bonds. The van der Waals surface area contributed by atoms with E-state index in [1.165, 1.54) is 12.8 Å². The molecule has 5 heteroatoms. The van der Waals surface area contributed by atoms with E-state index in [2.05, 4.69) is 0 Å². The molecular weight excluding hydrogens is 264 g/mol. The average molecular weight is 293 g/mol. The zero-order valence-corrected chi connectivity index (χ0v) is 13.0. The fraction of sp³-hybridized carbons (Fsp3) is 0.929. The molecule has 4 nitrogen and oxygen atoms in total. The lowest BCUT2D eigenvalue weighted by molar-refractivity contribution is -0.135. The number of nitrogens with two attached hydrogens (primary N) is 1. The highest BCUT2D eigenvalue weighted by Gasteiger charge is 2.28. The Bertz CT molecular complexity index is 262. The van der Waals surface area contributed by atoms with Crippen molar-refractivity contribution in [2.75, 3.05) is 13.6 Å². The zero-order chi connectivity index (χ0) is 13.5. The lowest BCUT2D eigenvalue weighted by Gasteiger charge is -2.29. The summed E-state index contributed by atoms with van der Waals surface area (Å²) in [7, 11) is 1.82. The van der Waals surface area contributed by atoms with Crippen LogP contribution in [0.5, 0.6) is 0 Å². The van der Waals surface area contributed by atoms with Crippen molar-refractivity contribution in [1.29, 1.82) is 0 Å². The number of halogens is 1. The fourth-order valence-corrected chi connectivity index (χ4v) is 2.59. The number of amides is 1. The van der Waals surface area contributed by atoms with Crippen molar-refractivity contribution >= 4 is 18.3 Å². The third kappa shape index (κ3) is 6.59. The molecule has 1 fully saturated rings. The summed E-state index contributed by atoms with van der Waals surface area (Å²) in [5.74, 6) is 0.134. The first-order chi connectivity index (χ1) is 8.52. The van der Waals surface area contributed by atoms with Crippen molar-refractivity contribution in [2.24, 2.45) is 11.7 Å². The normalized spacial score (nSPS) is 25.7. The Hall–Kier alpha value is -0.320. The fourth-order valence-electron chi connectivity index (χ4n) is 2.59. The summed E-state index contributed by atoms with van der Waals surface area (Å²) in [4.78, 5) is 14.1. The SMILES string of the molecule is CC(O)CCN(C)C(=O)C1CCCCCCC1N.Cl. The van der Waals surface area contributed by atoms with Crippen molar-refractivity contribution in [1.82, 2.24) is 4.90 Å². The standard InChI is InChI=1S/C14H28N2O2.ClH/c1-11(17)9-10-16(2)14(18)12-7-5-3-4-6-8-13(12)15;/h11-13,17H,3-10,15H2,1-2H3;1H. The van der Waals surface area contributed by atoms with Crippen LogP contribution >= 0.6 is 12.4 Å². The minimum Gasteiger partial charge on any atom is -0.393 e. The highest BCUT2D eigenvalue weighted by atomic mass is 35.5. The van der Waals surface area contributed by atoms with Gasteiger partial charge in [-0.15, -0.1) is 12.4 Å². The van der Waals surface area contributed by atoms with Crippen LogP contribution in [0.15, 0.2) is 0 Å². The predicted octanol–water partition coefficient (Wildman–Crippen LogP) is 1.94. The molecule has 0 radical (unpaired) electrons. The van der Waals surface area contributed by atoms with Gasteiger partial charge in [0.1, 0.15) is 0 Å². The summed E-state index contributed by atoms with van der Waals surface area (Å²) in [5, 5.41) is 9.26. The van der Waals surface area contributed by atoms with E-state index in [1.54, 1.807) is 11.8 Å². The lowest BCUT2D eigenvalue weighted by Crippen LogP contribution is -2.43. The number of carbonyl (C=O) groups excluding carboxylic acids is 1. The first-order valence-electron chi connectivity index (χ1n) is 7.21. The first-order valence-corrected chi connectivity index (χ1v) is 7.21. The summed E-state index contributed by atoms with van der Waals surface area (Å²) in [5.41, 5.74) is 6.15. The molecule has 0 spiro atoms. The number of carbonyl (C=O) groups is 1. The van der Waals surface area contributed by atoms with Crippen LogP contribution in [0.25, 0.3) is 0 Å². The van der Waals surface area contributed by atoms with E-state index in [0.717, 1.165) is 25.7 Å². The average Bonchev–Trinajstić information content (AvgIpc) is 2.30. The zero-order valence-electron chi connectivity index (χ0n) is 12.2. The van der Waals surface area contributed by atoms with Crippen LogP contribution in [0.4, 0.5) is 0 Å². The van der Waals surface area contributed by atoms with E-state index in [-0.39, 0.29) is 36.4 Å². The number of aliphatic hydroxyl groups excluding tert-OH is 1. The second kappa shape index (κ2) is 9.56. The second-order valence-electron chi connectivity index (χ2n) is 5.66. The molecule has 0 aromatic heterocycles. The maximum atomic E-state index is 12.4. The van der Waals surface area contributed by atoms with Gasteiger partial charge in [-0.3, -0.25) is 4.79 Å². The highest BCUT2D eigenvalue weighted by molar-refractivity contribution is 5.85. The van der Waals surface area contributed by atoms with Gasteiger partial charge in [-0.25, -0.2) is 0 Å². The molecule has 0 aromatic carbocycles. The largest absolute Gasteiger partial charge is 0.393 e. The molecule has 3 unspecified atom stereocenters. The van der Waals surface area contributed by atoms with Gasteiger partial charge < -0.3 is 15.7 Å². The summed E-state index contributed by atoms with van der Waals surface area (Å²) in [6, 6.07) is 0.00630. The van der Waals surface area contributed by atoms with Crippen LogP contribution in [-0.2, 0) is 4.79 Å². The van der Waals surface area contributed by atoms with Gasteiger partial charge in [0.15, 0.2) is 0 Å². The van der Waals surface area contributed by atoms with Crippen LogP contribution in [0.3, 0.4) is 0 Å². The number of aliphatic hydroxyl groups is 1. The molecule has 3 N–H and O–H groups in total. The first kappa shape index (κ1) is 18.7. The Morgan fingerprint density at radius 1 is 1.32 bits per heavy atom. The van der Waals surface area contributed by atoms with E-state index < -0.39 is 0 Å². The molecule has 0 aromatic rings. The van der Waals surface area contributed by atoms with Crippen molar-refractivity contribution in [3.8, 4) is 0 Å². The Balaban J connectivity index is 0.00000324. The van der Waals surface area contributed by atoms with Gasteiger partial charge in [0, 0.05) is 19.6 Å². The summed E-state index contributed by atoms with van der Waals surface area (Å²) < 4.78 is 0. The van der Waals surface area contributed by atoms with Gasteiger partial charge in [-0.2, -0.15) is 0 Å². The molecular formula is C14H29ClN2O2. The number of nitrogens with zero attached hydrogens (tertiary/aromatic N) is 1. The van der Waals surface area contributed by atoms with Gasteiger partial charge in [-0.1, -0.05) is 25.7 Å². The molecule has 114 valence electrons. The van der Waals surface area contributed by atoms with E-state index in [1.807, 2.05) is 7.05 Å². The second-order valence-corrected chi connectivity index (χ2v) is 5.66. The molecule has 0 heterocycles.